The van der Waals surface area contributed by atoms with E-state index in [9.17, 15) is 9.59 Å². The first-order chi connectivity index (χ1) is 12.5. The van der Waals surface area contributed by atoms with E-state index >= 15 is 0 Å². The molecule has 1 aromatic carbocycles. The minimum atomic E-state index is -0.163. The molecule has 0 saturated heterocycles. The van der Waals surface area contributed by atoms with E-state index in [0.29, 0.717) is 28.4 Å². The molecule has 26 heavy (non-hydrogen) atoms. The molecule has 0 aliphatic heterocycles. The minimum Gasteiger partial charge on any atom is -0.310 e. The lowest BCUT2D eigenvalue weighted by atomic mass is 10.2. The number of aryl methyl sites for hydroxylation is 2. The zero-order valence-electron chi connectivity index (χ0n) is 15.0. The first-order valence-electron chi connectivity index (χ1n) is 8.42. The number of hydrogen-bond donors (Lipinski definition) is 1. The second kappa shape index (κ2) is 7.74. The van der Waals surface area contributed by atoms with Crippen LogP contribution in [0, 0.1) is 6.92 Å². The van der Waals surface area contributed by atoms with Gasteiger partial charge in [0, 0.05) is 19.7 Å². The van der Waals surface area contributed by atoms with Gasteiger partial charge in [0.15, 0.2) is 5.16 Å². The lowest BCUT2D eigenvalue weighted by Gasteiger charge is -2.12. The fraction of sp³-hybridized carbons (Fsp3) is 0.333. The van der Waals surface area contributed by atoms with Crippen LogP contribution in [-0.2, 0) is 18.4 Å². The van der Waals surface area contributed by atoms with Crippen LogP contribution in [0.15, 0.2) is 40.3 Å². The van der Waals surface area contributed by atoms with Gasteiger partial charge in [0.05, 0.1) is 22.3 Å². The maximum atomic E-state index is 12.7. The Labute approximate surface area is 155 Å². The number of nitrogens with one attached hydrogen (secondary N) is 1. The molecule has 0 spiro atoms. The Kier molecular flexibility index (Phi) is 5.41. The van der Waals surface area contributed by atoms with Gasteiger partial charge in [-0.15, -0.1) is 0 Å². The van der Waals surface area contributed by atoms with Crippen LogP contribution in [0.25, 0.3) is 10.9 Å². The Bertz CT molecular complexity index is 1010. The fourth-order valence-corrected chi connectivity index (χ4v) is 3.54. The summed E-state index contributed by atoms with van der Waals surface area (Å²) in [7, 11) is 1.78. The highest BCUT2D eigenvalue weighted by Crippen LogP contribution is 2.19. The molecule has 0 bridgehead atoms. The summed E-state index contributed by atoms with van der Waals surface area (Å²) in [5.74, 6) is 0.646. The van der Waals surface area contributed by atoms with Crippen molar-refractivity contribution in [3.05, 3.63) is 46.4 Å². The number of carbonyl (C=O) groups is 1. The number of rotatable bonds is 6. The predicted molar refractivity (Wildman–Crippen MR) is 104 cm³/mol. The third kappa shape index (κ3) is 3.80. The van der Waals surface area contributed by atoms with Crippen LogP contribution >= 0.6 is 11.8 Å². The molecule has 7 nitrogen and oxygen atoms in total. The predicted octanol–water partition coefficient (Wildman–Crippen LogP) is 2.58. The van der Waals surface area contributed by atoms with Crippen molar-refractivity contribution >= 4 is 34.4 Å². The maximum absolute atomic E-state index is 12.7. The fourth-order valence-electron chi connectivity index (χ4n) is 2.72. The summed E-state index contributed by atoms with van der Waals surface area (Å²) < 4.78 is 3.27. The van der Waals surface area contributed by atoms with E-state index in [0.717, 1.165) is 12.1 Å². The molecule has 0 radical (unpaired) electrons. The van der Waals surface area contributed by atoms with E-state index in [4.69, 9.17) is 0 Å². The number of thioether (sulfide) groups is 1. The lowest BCUT2D eigenvalue weighted by molar-refractivity contribution is -0.113. The number of aromatic nitrogens is 4. The Morgan fingerprint density at radius 2 is 2.08 bits per heavy atom. The van der Waals surface area contributed by atoms with Crippen LogP contribution in [-0.4, -0.2) is 31.0 Å². The van der Waals surface area contributed by atoms with Gasteiger partial charge in [-0.25, -0.2) is 4.98 Å². The zero-order valence-corrected chi connectivity index (χ0v) is 15.8. The number of hydrogen-bond acceptors (Lipinski definition) is 5. The third-order valence-corrected chi connectivity index (χ3v) is 4.85. The SMILES string of the molecule is CCCn1c(SCC(=O)Nc2cc(C)nn2C)nc2ccccc2c1=O. The first kappa shape index (κ1) is 18.2. The van der Waals surface area contributed by atoms with E-state index < -0.39 is 0 Å². The summed E-state index contributed by atoms with van der Waals surface area (Å²) in [6.45, 7) is 4.45. The summed E-state index contributed by atoms with van der Waals surface area (Å²) in [6, 6.07) is 9.09. The van der Waals surface area contributed by atoms with Gasteiger partial charge in [-0.1, -0.05) is 30.8 Å². The largest absolute Gasteiger partial charge is 0.310 e. The second-order valence-electron chi connectivity index (χ2n) is 6.00. The summed E-state index contributed by atoms with van der Waals surface area (Å²) in [5, 5.41) is 8.19. The third-order valence-electron chi connectivity index (χ3n) is 3.88. The van der Waals surface area contributed by atoms with Crippen LogP contribution < -0.4 is 10.9 Å². The van der Waals surface area contributed by atoms with Crippen molar-refractivity contribution in [1.82, 2.24) is 19.3 Å². The number of para-hydroxylation sites is 1. The van der Waals surface area contributed by atoms with E-state index in [1.165, 1.54) is 11.8 Å². The smallest absolute Gasteiger partial charge is 0.262 e. The van der Waals surface area contributed by atoms with Gasteiger partial charge in [0.1, 0.15) is 5.82 Å². The van der Waals surface area contributed by atoms with Gasteiger partial charge in [0.25, 0.3) is 5.56 Å². The molecule has 0 aliphatic rings. The number of amides is 1. The highest BCUT2D eigenvalue weighted by Gasteiger charge is 2.13. The molecule has 136 valence electrons. The molecule has 2 heterocycles. The summed E-state index contributed by atoms with van der Waals surface area (Å²) in [6.07, 6.45) is 0.813. The van der Waals surface area contributed by atoms with Gasteiger partial charge in [-0.2, -0.15) is 5.10 Å². The zero-order chi connectivity index (χ0) is 18.7. The molecule has 1 amide bonds. The molecule has 3 rings (SSSR count). The summed E-state index contributed by atoms with van der Waals surface area (Å²) in [4.78, 5) is 29.6. The molecule has 2 aromatic heterocycles. The molecule has 0 aliphatic carbocycles. The van der Waals surface area contributed by atoms with E-state index in [1.54, 1.807) is 22.4 Å². The molecule has 0 atom stereocenters. The molecule has 0 fully saturated rings. The monoisotopic (exact) mass is 371 g/mol. The first-order valence-corrected chi connectivity index (χ1v) is 9.41. The van der Waals surface area contributed by atoms with E-state index in [1.807, 2.05) is 38.1 Å². The average molecular weight is 371 g/mol. The summed E-state index contributed by atoms with van der Waals surface area (Å²) in [5.41, 5.74) is 1.42. The summed E-state index contributed by atoms with van der Waals surface area (Å²) >= 11 is 1.27. The molecular weight excluding hydrogens is 350 g/mol. The number of benzene rings is 1. The van der Waals surface area contributed by atoms with Crippen LogP contribution in [0.2, 0.25) is 0 Å². The highest BCUT2D eigenvalue weighted by atomic mass is 32.2. The van der Waals surface area contributed by atoms with E-state index in [-0.39, 0.29) is 17.2 Å². The number of nitrogens with zero attached hydrogens (tertiary/aromatic N) is 4. The molecule has 0 unspecified atom stereocenters. The topological polar surface area (TPSA) is 81.8 Å². The van der Waals surface area contributed by atoms with Crippen molar-refractivity contribution in [2.24, 2.45) is 7.05 Å². The molecule has 8 heteroatoms. The number of anilines is 1. The Morgan fingerprint density at radius 3 is 2.77 bits per heavy atom. The van der Waals surface area contributed by atoms with Crippen LogP contribution in [0.4, 0.5) is 5.82 Å². The number of fused-ring (bicyclic) bond motifs is 1. The molecule has 3 aromatic rings. The maximum Gasteiger partial charge on any atom is 0.262 e. The normalized spacial score (nSPS) is 11.0. The van der Waals surface area contributed by atoms with Gasteiger partial charge < -0.3 is 5.32 Å². The van der Waals surface area contributed by atoms with Crippen molar-refractivity contribution in [2.45, 2.75) is 32.0 Å². The average Bonchev–Trinajstić information content (AvgIpc) is 2.93. The quantitative estimate of drug-likeness (QED) is 0.532. The van der Waals surface area contributed by atoms with Crippen molar-refractivity contribution in [1.29, 1.82) is 0 Å². The number of carbonyl (C=O) groups excluding carboxylic acids is 1. The molecule has 0 saturated carbocycles. The van der Waals surface area contributed by atoms with Crippen molar-refractivity contribution in [2.75, 3.05) is 11.1 Å². The lowest BCUT2D eigenvalue weighted by Crippen LogP contribution is -2.24. The Balaban J connectivity index is 1.81. The van der Waals surface area contributed by atoms with E-state index in [2.05, 4.69) is 15.4 Å². The minimum absolute atomic E-state index is 0.0670. The van der Waals surface area contributed by atoms with Crippen molar-refractivity contribution in [3.8, 4) is 0 Å². The molecule has 1 N–H and O–H groups in total. The van der Waals surface area contributed by atoms with Gasteiger partial charge in [-0.05, 0) is 25.5 Å². The van der Waals surface area contributed by atoms with Crippen LogP contribution in [0.1, 0.15) is 19.0 Å². The van der Waals surface area contributed by atoms with Crippen molar-refractivity contribution in [3.63, 3.8) is 0 Å². The second-order valence-corrected chi connectivity index (χ2v) is 6.94. The van der Waals surface area contributed by atoms with Crippen molar-refractivity contribution < 1.29 is 4.79 Å². The highest BCUT2D eigenvalue weighted by molar-refractivity contribution is 7.99. The van der Waals surface area contributed by atoms with Crippen LogP contribution in [0.3, 0.4) is 0 Å². The van der Waals surface area contributed by atoms with Gasteiger partial charge in [0.2, 0.25) is 5.91 Å². The standard InChI is InChI=1S/C18H21N5O2S/c1-4-9-23-17(25)13-7-5-6-8-14(13)19-18(23)26-11-16(24)20-15-10-12(2)21-22(15)3/h5-8,10H,4,9,11H2,1-3H3,(H,20,24). The van der Waals surface area contributed by atoms with Gasteiger partial charge in [-0.3, -0.25) is 18.8 Å². The van der Waals surface area contributed by atoms with Gasteiger partial charge >= 0.3 is 0 Å². The van der Waals surface area contributed by atoms with Crippen LogP contribution in [0.5, 0.6) is 0 Å². The Hall–Kier alpha value is -2.61. The molecular formula is C18H21N5O2S. The Morgan fingerprint density at radius 1 is 1.31 bits per heavy atom.